The quantitative estimate of drug-likeness (QED) is 0.440. The maximum atomic E-state index is 12.4. The van der Waals surface area contributed by atoms with Crippen LogP contribution >= 0.6 is 0 Å². The Balaban J connectivity index is 2.21. The van der Waals surface area contributed by atoms with E-state index in [9.17, 15) is 14.4 Å². The molecular formula is C22H29NO6. The zero-order valence-electron chi connectivity index (χ0n) is 17.9. The highest BCUT2D eigenvalue weighted by molar-refractivity contribution is 5.87. The Labute approximate surface area is 170 Å². The Hall–Kier alpha value is -2.83. The normalized spacial score (nSPS) is 12.5. The van der Waals surface area contributed by atoms with Crippen LogP contribution < -0.4 is 15.7 Å². The number of benzene rings is 1. The van der Waals surface area contributed by atoms with Gasteiger partial charge in [-0.1, -0.05) is 13.3 Å². The number of hydrogen-bond donors (Lipinski definition) is 1. The number of amides is 1. The summed E-state index contributed by atoms with van der Waals surface area (Å²) in [7, 11) is 0. The third-order valence-electron chi connectivity index (χ3n) is 4.29. The molecule has 1 atom stereocenters. The molecule has 0 saturated carbocycles. The van der Waals surface area contributed by atoms with Crippen LogP contribution in [0.15, 0.2) is 27.4 Å². The van der Waals surface area contributed by atoms with Crippen LogP contribution in [0.3, 0.4) is 0 Å². The lowest BCUT2D eigenvalue weighted by molar-refractivity contribution is -0.136. The largest absolute Gasteiger partial charge is 0.444 e. The predicted molar refractivity (Wildman–Crippen MR) is 110 cm³/mol. The summed E-state index contributed by atoms with van der Waals surface area (Å²) in [6.07, 6.45) is 2.04. The molecule has 7 nitrogen and oxygen atoms in total. The highest BCUT2D eigenvalue weighted by Crippen LogP contribution is 2.29. The second-order valence-electron chi connectivity index (χ2n) is 8.05. The van der Waals surface area contributed by atoms with E-state index in [1.54, 1.807) is 39.8 Å². The van der Waals surface area contributed by atoms with Gasteiger partial charge < -0.3 is 19.2 Å². The van der Waals surface area contributed by atoms with Gasteiger partial charge in [0.15, 0.2) is 0 Å². The third kappa shape index (κ3) is 6.07. The van der Waals surface area contributed by atoms with Crippen molar-refractivity contribution in [2.45, 2.75) is 72.4 Å². The Bertz CT molecular complexity index is 954. The van der Waals surface area contributed by atoms with Crippen molar-refractivity contribution >= 4 is 23.0 Å². The first-order valence-electron chi connectivity index (χ1n) is 9.79. The van der Waals surface area contributed by atoms with Crippen LogP contribution in [0.4, 0.5) is 4.79 Å². The number of unbranched alkanes of at least 4 members (excludes halogenated alkanes) is 1. The summed E-state index contributed by atoms with van der Waals surface area (Å²) in [6, 6.07) is 4.05. The molecule has 1 amide bonds. The van der Waals surface area contributed by atoms with Gasteiger partial charge in [0, 0.05) is 17.0 Å². The van der Waals surface area contributed by atoms with Crippen LogP contribution in [0.2, 0.25) is 0 Å². The number of carbonyl (C=O) groups excluding carboxylic acids is 2. The lowest BCUT2D eigenvalue weighted by atomic mass is 10.0. The number of rotatable bonds is 6. The molecular weight excluding hydrogens is 374 g/mol. The lowest BCUT2D eigenvalue weighted by Gasteiger charge is -2.21. The minimum absolute atomic E-state index is 0.274. The summed E-state index contributed by atoms with van der Waals surface area (Å²) < 4.78 is 16.0. The molecule has 29 heavy (non-hydrogen) atoms. The predicted octanol–water partition coefficient (Wildman–Crippen LogP) is 4.26. The van der Waals surface area contributed by atoms with E-state index in [1.165, 1.54) is 13.0 Å². The van der Waals surface area contributed by atoms with Crippen LogP contribution in [0, 0.1) is 6.92 Å². The molecule has 0 saturated heterocycles. The third-order valence-corrected chi connectivity index (χ3v) is 4.29. The molecule has 2 rings (SSSR count). The summed E-state index contributed by atoms with van der Waals surface area (Å²) in [5.41, 5.74) is 0.766. The smallest absolute Gasteiger partial charge is 0.408 e. The van der Waals surface area contributed by atoms with Crippen molar-refractivity contribution in [1.29, 1.82) is 0 Å². The average molecular weight is 403 g/mol. The first-order valence-corrected chi connectivity index (χ1v) is 9.79. The van der Waals surface area contributed by atoms with Crippen LogP contribution in [0.1, 0.15) is 58.6 Å². The van der Waals surface area contributed by atoms with Crippen molar-refractivity contribution in [2.24, 2.45) is 0 Å². The fourth-order valence-electron chi connectivity index (χ4n) is 2.83. The highest BCUT2D eigenvalue weighted by Gasteiger charge is 2.23. The van der Waals surface area contributed by atoms with Crippen molar-refractivity contribution in [3.05, 3.63) is 39.7 Å². The second kappa shape index (κ2) is 9.11. The van der Waals surface area contributed by atoms with E-state index in [1.807, 2.05) is 0 Å². The van der Waals surface area contributed by atoms with Crippen LogP contribution in [-0.2, 0) is 16.0 Å². The van der Waals surface area contributed by atoms with Crippen LogP contribution in [0.25, 0.3) is 11.0 Å². The monoisotopic (exact) mass is 403 g/mol. The molecule has 158 valence electrons. The van der Waals surface area contributed by atoms with E-state index in [0.717, 1.165) is 30.2 Å². The molecule has 1 unspecified atom stereocenters. The molecule has 0 radical (unpaired) electrons. The van der Waals surface area contributed by atoms with Crippen molar-refractivity contribution in [1.82, 2.24) is 5.32 Å². The fraction of sp³-hybridized carbons (Fsp3) is 0.500. The van der Waals surface area contributed by atoms with Crippen LogP contribution in [-0.4, -0.2) is 23.7 Å². The molecule has 0 aliphatic carbocycles. The number of fused-ring (bicyclic) bond motifs is 1. The zero-order chi connectivity index (χ0) is 21.8. The Morgan fingerprint density at radius 1 is 1.24 bits per heavy atom. The maximum absolute atomic E-state index is 12.4. The lowest BCUT2D eigenvalue weighted by Crippen LogP contribution is -2.43. The first kappa shape index (κ1) is 22.5. The van der Waals surface area contributed by atoms with Crippen molar-refractivity contribution in [2.75, 3.05) is 0 Å². The van der Waals surface area contributed by atoms with Crippen molar-refractivity contribution in [3.8, 4) is 5.75 Å². The number of carbonyl (C=O) groups is 2. The number of aryl methyl sites for hydroxylation is 2. The molecule has 1 aromatic heterocycles. The molecule has 0 aliphatic heterocycles. The van der Waals surface area contributed by atoms with Crippen molar-refractivity contribution in [3.63, 3.8) is 0 Å². The summed E-state index contributed by atoms with van der Waals surface area (Å²) in [5.74, 6) is -0.376. The Morgan fingerprint density at radius 3 is 2.55 bits per heavy atom. The molecule has 0 aliphatic rings. The molecule has 2 aromatic rings. The topological polar surface area (TPSA) is 94.8 Å². The van der Waals surface area contributed by atoms with E-state index in [2.05, 4.69) is 12.2 Å². The van der Waals surface area contributed by atoms with E-state index >= 15 is 0 Å². The summed E-state index contributed by atoms with van der Waals surface area (Å²) in [4.78, 5) is 36.2. The number of ether oxygens (including phenoxy) is 2. The number of nitrogens with one attached hydrogen (secondary N) is 1. The second-order valence-corrected chi connectivity index (χ2v) is 8.05. The summed E-state index contributed by atoms with van der Waals surface area (Å²) in [6.45, 7) is 10.5. The van der Waals surface area contributed by atoms with E-state index in [-0.39, 0.29) is 5.75 Å². The molecule has 1 heterocycles. The number of hydrogen-bond acceptors (Lipinski definition) is 6. The van der Waals surface area contributed by atoms with E-state index in [0.29, 0.717) is 11.1 Å². The van der Waals surface area contributed by atoms with Gasteiger partial charge in [0.05, 0.1) is 0 Å². The molecule has 7 heteroatoms. The first-order chi connectivity index (χ1) is 13.5. The van der Waals surface area contributed by atoms with E-state index in [4.69, 9.17) is 13.9 Å². The maximum Gasteiger partial charge on any atom is 0.408 e. The van der Waals surface area contributed by atoms with Gasteiger partial charge in [-0.15, -0.1) is 0 Å². The van der Waals surface area contributed by atoms with Gasteiger partial charge in [-0.2, -0.15) is 0 Å². The molecule has 1 N–H and O–H groups in total. The number of alkyl carbamates (subject to hydrolysis) is 1. The highest BCUT2D eigenvalue weighted by atomic mass is 16.6. The van der Waals surface area contributed by atoms with Gasteiger partial charge >= 0.3 is 17.7 Å². The van der Waals surface area contributed by atoms with Gasteiger partial charge in [-0.05, 0) is 65.2 Å². The minimum atomic E-state index is -0.914. The molecule has 0 bridgehead atoms. The molecule has 0 spiro atoms. The summed E-state index contributed by atoms with van der Waals surface area (Å²) in [5, 5.41) is 3.27. The average Bonchev–Trinajstić information content (AvgIpc) is 2.60. The van der Waals surface area contributed by atoms with Gasteiger partial charge in [0.25, 0.3) is 0 Å². The minimum Gasteiger partial charge on any atom is -0.444 e. The SMILES string of the molecule is CCCCc1cc(=O)oc2c(C)c(OC(=O)C(C)NC(=O)OC(C)(C)C)ccc12. The van der Waals surface area contributed by atoms with Gasteiger partial charge in [0.2, 0.25) is 0 Å². The van der Waals surface area contributed by atoms with Gasteiger partial charge in [-0.3, -0.25) is 0 Å². The van der Waals surface area contributed by atoms with Crippen molar-refractivity contribution < 1.29 is 23.5 Å². The zero-order valence-corrected chi connectivity index (χ0v) is 17.9. The fourth-order valence-corrected chi connectivity index (χ4v) is 2.83. The molecule has 1 aromatic carbocycles. The standard InChI is InChI=1S/C22H29NO6/c1-7-8-9-15-12-18(24)28-19-13(2)17(11-10-16(15)19)27-20(25)14(3)23-21(26)29-22(4,5)6/h10-12,14H,7-9H2,1-6H3,(H,23,26). The van der Waals surface area contributed by atoms with Gasteiger partial charge in [-0.25, -0.2) is 14.4 Å². The van der Waals surface area contributed by atoms with E-state index < -0.39 is 29.3 Å². The summed E-state index contributed by atoms with van der Waals surface area (Å²) >= 11 is 0. The Kier molecular flexibility index (Phi) is 7.06. The number of esters is 1. The molecule has 0 fully saturated rings. The van der Waals surface area contributed by atoms with Gasteiger partial charge in [0.1, 0.15) is 23.0 Å². The van der Waals surface area contributed by atoms with Crippen LogP contribution in [0.5, 0.6) is 5.75 Å². The Morgan fingerprint density at radius 2 is 1.93 bits per heavy atom.